The summed E-state index contributed by atoms with van der Waals surface area (Å²) in [6, 6.07) is 1.14. The molecule has 0 radical (unpaired) electrons. The van der Waals surface area contributed by atoms with Gasteiger partial charge in [-0.2, -0.15) is 0 Å². The number of rotatable bonds is 7. The monoisotopic (exact) mass is 204 g/mol. The molecule has 0 spiro atoms. The van der Waals surface area contributed by atoms with Crippen LogP contribution in [-0.4, -0.2) is 23.5 Å². The molecule has 0 saturated heterocycles. The zero-order valence-electron chi connectivity index (χ0n) is 9.72. The van der Waals surface area contributed by atoms with E-state index >= 15 is 0 Å². The highest BCUT2D eigenvalue weighted by atomic mass is 28.3. The Balaban J connectivity index is 3.54. The van der Waals surface area contributed by atoms with Crippen molar-refractivity contribution in [3.63, 3.8) is 0 Å². The summed E-state index contributed by atoms with van der Waals surface area (Å²) in [5.41, 5.74) is 0.487. The summed E-state index contributed by atoms with van der Waals surface area (Å²) in [5.74, 6) is 0. The predicted octanol–water partition coefficient (Wildman–Crippen LogP) is 2.72. The van der Waals surface area contributed by atoms with Crippen molar-refractivity contribution in [1.82, 2.24) is 0 Å². The molecule has 3 heteroatoms. The van der Waals surface area contributed by atoms with Gasteiger partial charge in [0.2, 0.25) is 0 Å². The van der Waals surface area contributed by atoms with E-state index in [4.69, 9.17) is 8.85 Å². The maximum Gasteiger partial charge on any atom is 0.320 e. The van der Waals surface area contributed by atoms with Gasteiger partial charge in [-0.25, -0.2) is 0 Å². The predicted molar refractivity (Wildman–Crippen MR) is 59.3 cm³/mol. The highest BCUT2D eigenvalue weighted by Crippen LogP contribution is 2.27. The second-order valence-electron chi connectivity index (χ2n) is 4.31. The highest BCUT2D eigenvalue weighted by Gasteiger charge is 2.16. The third-order valence-corrected chi connectivity index (χ3v) is 4.71. The van der Waals surface area contributed by atoms with E-state index in [1.54, 1.807) is 14.2 Å². The van der Waals surface area contributed by atoms with Gasteiger partial charge >= 0.3 is 9.28 Å². The van der Waals surface area contributed by atoms with Crippen molar-refractivity contribution in [2.24, 2.45) is 5.41 Å². The summed E-state index contributed by atoms with van der Waals surface area (Å²) < 4.78 is 10.5. The summed E-state index contributed by atoms with van der Waals surface area (Å²) in [5, 5.41) is 0. The van der Waals surface area contributed by atoms with E-state index < -0.39 is 9.28 Å². The first-order valence-corrected chi connectivity index (χ1v) is 6.87. The number of hydrogen-bond donors (Lipinski definition) is 0. The molecular weight excluding hydrogens is 180 g/mol. The Bertz CT molecular complexity index is 122. The lowest BCUT2D eigenvalue weighted by Gasteiger charge is -2.22. The van der Waals surface area contributed by atoms with E-state index in [9.17, 15) is 0 Å². The van der Waals surface area contributed by atoms with Gasteiger partial charge in [0, 0.05) is 14.2 Å². The molecule has 0 saturated carbocycles. The lowest BCUT2D eigenvalue weighted by molar-refractivity contribution is 0.268. The topological polar surface area (TPSA) is 18.5 Å². The molecule has 0 rings (SSSR count). The molecule has 0 aromatic carbocycles. The van der Waals surface area contributed by atoms with Crippen molar-refractivity contribution in [2.75, 3.05) is 14.2 Å². The fraction of sp³-hybridized carbons (Fsp3) is 1.00. The van der Waals surface area contributed by atoms with Crippen molar-refractivity contribution >= 4 is 9.28 Å². The van der Waals surface area contributed by atoms with Crippen LogP contribution < -0.4 is 0 Å². The van der Waals surface area contributed by atoms with Gasteiger partial charge in [-0.3, -0.25) is 0 Å². The van der Waals surface area contributed by atoms with E-state index in [1.807, 2.05) is 0 Å². The Labute approximate surface area is 84.5 Å². The van der Waals surface area contributed by atoms with Crippen molar-refractivity contribution < 1.29 is 8.85 Å². The highest BCUT2D eigenvalue weighted by molar-refractivity contribution is 6.44. The lowest BCUT2D eigenvalue weighted by Crippen LogP contribution is -2.19. The Morgan fingerprint density at radius 2 is 1.69 bits per heavy atom. The molecule has 0 aromatic rings. The largest absolute Gasteiger partial charge is 0.400 e. The van der Waals surface area contributed by atoms with Crippen LogP contribution in [0.4, 0.5) is 0 Å². The van der Waals surface area contributed by atoms with Gasteiger partial charge in [-0.15, -0.1) is 0 Å². The van der Waals surface area contributed by atoms with E-state index in [0.29, 0.717) is 5.41 Å². The first kappa shape index (κ1) is 13.1. The molecule has 0 atom stereocenters. The van der Waals surface area contributed by atoms with Crippen LogP contribution in [0.25, 0.3) is 0 Å². The van der Waals surface area contributed by atoms with Gasteiger partial charge < -0.3 is 8.85 Å². The van der Waals surface area contributed by atoms with Crippen molar-refractivity contribution in [3.05, 3.63) is 0 Å². The molecule has 0 bridgehead atoms. The Hall–Kier alpha value is 0.137. The van der Waals surface area contributed by atoms with Crippen LogP contribution in [0.3, 0.4) is 0 Å². The fourth-order valence-electron chi connectivity index (χ4n) is 1.26. The Morgan fingerprint density at radius 1 is 1.15 bits per heavy atom. The van der Waals surface area contributed by atoms with Crippen LogP contribution in [0.15, 0.2) is 0 Å². The van der Waals surface area contributed by atoms with Crippen molar-refractivity contribution in [1.29, 1.82) is 0 Å². The Morgan fingerprint density at radius 3 is 2.08 bits per heavy atom. The summed E-state index contributed by atoms with van der Waals surface area (Å²) in [6.07, 6.45) is 3.76. The summed E-state index contributed by atoms with van der Waals surface area (Å²) in [4.78, 5) is 0. The third kappa shape index (κ3) is 6.24. The summed E-state index contributed by atoms with van der Waals surface area (Å²) in [6.45, 7) is 6.90. The lowest BCUT2D eigenvalue weighted by atomic mass is 9.85. The van der Waals surface area contributed by atoms with Gasteiger partial charge in [-0.1, -0.05) is 33.6 Å². The van der Waals surface area contributed by atoms with Gasteiger partial charge in [0.05, 0.1) is 0 Å². The van der Waals surface area contributed by atoms with Crippen LogP contribution in [0.1, 0.15) is 40.0 Å². The Kier molecular flexibility index (Phi) is 6.64. The number of hydrogen-bond acceptors (Lipinski definition) is 2. The minimum atomic E-state index is -1.29. The SMILES string of the molecule is CCC(C)(C)CCC[SiH](OC)OC. The maximum absolute atomic E-state index is 5.26. The molecular formula is C10H24O2Si. The van der Waals surface area contributed by atoms with E-state index in [1.165, 1.54) is 19.3 Å². The average molecular weight is 204 g/mol. The molecule has 2 nitrogen and oxygen atoms in total. The molecule has 0 heterocycles. The van der Waals surface area contributed by atoms with Crippen LogP contribution in [0.5, 0.6) is 0 Å². The van der Waals surface area contributed by atoms with Crippen molar-refractivity contribution in [3.8, 4) is 0 Å². The van der Waals surface area contributed by atoms with Gasteiger partial charge in [0.15, 0.2) is 0 Å². The zero-order valence-corrected chi connectivity index (χ0v) is 10.9. The van der Waals surface area contributed by atoms with E-state index in [-0.39, 0.29) is 0 Å². The quantitative estimate of drug-likeness (QED) is 0.594. The smallest absolute Gasteiger partial charge is 0.320 e. The molecule has 0 aliphatic rings. The van der Waals surface area contributed by atoms with E-state index in [0.717, 1.165) is 6.04 Å². The average Bonchev–Trinajstić information content (AvgIpc) is 2.12. The second-order valence-corrected chi connectivity index (χ2v) is 6.69. The second kappa shape index (κ2) is 6.57. The first-order chi connectivity index (χ1) is 6.05. The third-order valence-electron chi connectivity index (χ3n) is 2.78. The minimum Gasteiger partial charge on any atom is -0.400 e. The zero-order chi connectivity index (χ0) is 10.3. The fourth-order valence-corrected chi connectivity index (χ4v) is 2.46. The molecule has 0 aliphatic heterocycles. The molecule has 0 aromatic heterocycles. The molecule has 0 aliphatic carbocycles. The molecule has 0 amide bonds. The van der Waals surface area contributed by atoms with Gasteiger partial charge in [0.25, 0.3) is 0 Å². The van der Waals surface area contributed by atoms with E-state index in [2.05, 4.69) is 20.8 Å². The van der Waals surface area contributed by atoms with Crippen molar-refractivity contribution in [2.45, 2.75) is 46.1 Å². The maximum atomic E-state index is 5.26. The van der Waals surface area contributed by atoms with Crippen LogP contribution in [0.2, 0.25) is 6.04 Å². The normalized spacial score (nSPS) is 12.5. The summed E-state index contributed by atoms with van der Waals surface area (Å²) in [7, 11) is 2.22. The summed E-state index contributed by atoms with van der Waals surface area (Å²) >= 11 is 0. The van der Waals surface area contributed by atoms with Crippen LogP contribution in [-0.2, 0) is 8.85 Å². The molecule has 0 N–H and O–H groups in total. The molecule has 0 fully saturated rings. The standard InChI is InChI=1S/C10H24O2Si/c1-6-10(2,3)8-7-9-13(11-4)12-5/h13H,6-9H2,1-5H3. The molecule has 13 heavy (non-hydrogen) atoms. The van der Waals surface area contributed by atoms with Gasteiger partial charge in [-0.05, 0) is 17.9 Å². The van der Waals surface area contributed by atoms with Crippen LogP contribution in [0, 0.1) is 5.41 Å². The molecule has 80 valence electrons. The van der Waals surface area contributed by atoms with Crippen LogP contribution >= 0.6 is 0 Å². The first-order valence-electron chi connectivity index (χ1n) is 5.11. The minimum absolute atomic E-state index is 0.487. The van der Waals surface area contributed by atoms with Gasteiger partial charge in [0.1, 0.15) is 0 Å². The molecule has 0 unspecified atom stereocenters.